The van der Waals surface area contributed by atoms with Crippen molar-refractivity contribution in [3.63, 3.8) is 0 Å². The number of aromatic nitrogens is 1. The van der Waals surface area contributed by atoms with E-state index in [0.29, 0.717) is 32.7 Å². The second kappa shape index (κ2) is 6.62. The second-order valence-electron chi connectivity index (χ2n) is 5.37. The molecule has 0 unspecified atom stereocenters. The van der Waals surface area contributed by atoms with Crippen LogP contribution >= 0.6 is 0 Å². The molecule has 1 N–H and O–H groups in total. The molecule has 5 nitrogen and oxygen atoms in total. The molecule has 0 spiro atoms. The van der Waals surface area contributed by atoms with E-state index in [4.69, 9.17) is 0 Å². The lowest BCUT2D eigenvalue weighted by Gasteiger charge is -2.35. The predicted molar refractivity (Wildman–Crippen MR) is 73.3 cm³/mol. The highest BCUT2D eigenvalue weighted by molar-refractivity contribution is 5.94. The summed E-state index contributed by atoms with van der Waals surface area (Å²) in [6.45, 7) is 4.46. The molecule has 0 radical (unpaired) electrons. The molecule has 22 heavy (non-hydrogen) atoms. The fraction of sp³-hybridized carbons (Fsp3) is 0.571. The Kier molecular flexibility index (Phi) is 5.02. The molecule has 1 aliphatic heterocycles. The Morgan fingerprint density at radius 2 is 1.95 bits per heavy atom. The van der Waals surface area contributed by atoms with Crippen LogP contribution in [-0.2, 0) is 6.18 Å². The van der Waals surface area contributed by atoms with Gasteiger partial charge in [0.05, 0.1) is 11.7 Å². The highest BCUT2D eigenvalue weighted by Gasteiger charge is 2.32. The second-order valence-corrected chi connectivity index (χ2v) is 5.37. The predicted octanol–water partition coefficient (Wildman–Crippen LogP) is 1.24. The van der Waals surface area contributed by atoms with E-state index in [1.54, 1.807) is 11.8 Å². The fourth-order valence-corrected chi connectivity index (χ4v) is 2.38. The molecule has 1 atom stereocenters. The lowest BCUT2D eigenvalue weighted by molar-refractivity contribution is -0.141. The average Bonchev–Trinajstić information content (AvgIpc) is 2.46. The number of pyridine rings is 1. The molecular weight excluding hydrogens is 299 g/mol. The minimum absolute atomic E-state index is 0.150. The van der Waals surface area contributed by atoms with Crippen molar-refractivity contribution in [3.8, 4) is 0 Å². The Labute approximate surface area is 126 Å². The maximum Gasteiger partial charge on any atom is 0.433 e. The highest BCUT2D eigenvalue weighted by Crippen LogP contribution is 2.27. The zero-order chi connectivity index (χ0) is 16.3. The average molecular weight is 317 g/mol. The van der Waals surface area contributed by atoms with Crippen LogP contribution in [0.15, 0.2) is 18.3 Å². The van der Waals surface area contributed by atoms with E-state index >= 15 is 0 Å². The van der Waals surface area contributed by atoms with Crippen LogP contribution in [0.25, 0.3) is 0 Å². The van der Waals surface area contributed by atoms with E-state index in [0.717, 1.165) is 18.3 Å². The maximum absolute atomic E-state index is 12.4. The van der Waals surface area contributed by atoms with Gasteiger partial charge < -0.3 is 10.0 Å². The number of hydrogen-bond donors (Lipinski definition) is 1. The van der Waals surface area contributed by atoms with Crippen LogP contribution in [0.1, 0.15) is 23.0 Å². The number of nitrogens with zero attached hydrogens (tertiary/aromatic N) is 3. The number of halogens is 3. The molecule has 0 aliphatic carbocycles. The zero-order valence-electron chi connectivity index (χ0n) is 12.2. The minimum atomic E-state index is -4.51. The molecule has 1 saturated heterocycles. The van der Waals surface area contributed by atoms with Crippen molar-refractivity contribution in [2.24, 2.45) is 0 Å². The van der Waals surface area contributed by atoms with Gasteiger partial charge in [-0.1, -0.05) is 0 Å². The summed E-state index contributed by atoms with van der Waals surface area (Å²) in [4.78, 5) is 19.2. The summed E-state index contributed by atoms with van der Waals surface area (Å²) < 4.78 is 37.3. The lowest BCUT2D eigenvalue weighted by atomic mass is 10.2. The molecule has 2 rings (SSSR count). The van der Waals surface area contributed by atoms with Gasteiger partial charge in [0, 0.05) is 38.9 Å². The number of β-amino-alcohol motifs (C(OH)–C–C–N with tert-alkyl or cyclic N) is 1. The first-order valence-corrected chi connectivity index (χ1v) is 7.00. The minimum Gasteiger partial charge on any atom is -0.392 e. The van der Waals surface area contributed by atoms with Gasteiger partial charge in [0.2, 0.25) is 0 Å². The highest BCUT2D eigenvalue weighted by atomic mass is 19.4. The number of hydrogen-bond acceptors (Lipinski definition) is 4. The van der Waals surface area contributed by atoms with Crippen molar-refractivity contribution in [2.45, 2.75) is 19.2 Å². The third-order valence-electron chi connectivity index (χ3n) is 3.48. The molecule has 122 valence electrons. The molecule has 1 amide bonds. The first-order chi connectivity index (χ1) is 10.3. The Morgan fingerprint density at radius 3 is 2.41 bits per heavy atom. The molecule has 0 saturated carbocycles. The van der Waals surface area contributed by atoms with E-state index < -0.39 is 18.0 Å². The molecule has 1 aromatic rings. The van der Waals surface area contributed by atoms with Gasteiger partial charge in [-0.2, -0.15) is 13.2 Å². The van der Waals surface area contributed by atoms with Crippen molar-refractivity contribution in [1.82, 2.24) is 14.8 Å². The SMILES string of the molecule is C[C@H](O)CN1CCN(C(=O)c2ccc(C(F)(F)F)nc2)CC1. The van der Waals surface area contributed by atoms with Crippen molar-refractivity contribution >= 4 is 5.91 Å². The normalized spacial score (nSPS) is 18.3. The van der Waals surface area contributed by atoms with Crippen molar-refractivity contribution in [3.05, 3.63) is 29.6 Å². The smallest absolute Gasteiger partial charge is 0.392 e. The van der Waals surface area contributed by atoms with Gasteiger partial charge in [-0.15, -0.1) is 0 Å². The van der Waals surface area contributed by atoms with Gasteiger partial charge in [-0.3, -0.25) is 14.7 Å². The van der Waals surface area contributed by atoms with Crippen LogP contribution in [0.4, 0.5) is 13.2 Å². The summed E-state index contributed by atoms with van der Waals surface area (Å²) in [5.41, 5.74) is -0.859. The van der Waals surface area contributed by atoms with Gasteiger partial charge in [0.25, 0.3) is 5.91 Å². The maximum atomic E-state index is 12.4. The number of alkyl halides is 3. The summed E-state index contributed by atoms with van der Waals surface area (Å²) in [5.74, 6) is -0.321. The Hall–Kier alpha value is -1.67. The van der Waals surface area contributed by atoms with Crippen molar-refractivity contribution in [2.75, 3.05) is 32.7 Å². The first-order valence-electron chi connectivity index (χ1n) is 7.00. The van der Waals surface area contributed by atoms with Crippen LogP contribution in [0.2, 0.25) is 0 Å². The summed E-state index contributed by atoms with van der Waals surface area (Å²) >= 11 is 0. The molecule has 2 heterocycles. The van der Waals surface area contributed by atoms with Crippen LogP contribution in [0, 0.1) is 0 Å². The summed E-state index contributed by atoms with van der Waals surface area (Å²) in [6, 6.07) is 1.97. The van der Waals surface area contributed by atoms with Crippen LogP contribution in [0.3, 0.4) is 0 Å². The zero-order valence-corrected chi connectivity index (χ0v) is 12.2. The lowest BCUT2D eigenvalue weighted by Crippen LogP contribution is -2.50. The van der Waals surface area contributed by atoms with Gasteiger partial charge >= 0.3 is 6.18 Å². The monoisotopic (exact) mass is 317 g/mol. The Bertz CT molecular complexity index is 509. The Balaban J connectivity index is 1.95. The molecule has 0 bridgehead atoms. The number of amides is 1. The summed E-state index contributed by atoms with van der Waals surface area (Å²) in [6.07, 6.45) is -3.97. The number of aliphatic hydroxyl groups excluding tert-OH is 1. The summed E-state index contributed by atoms with van der Waals surface area (Å²) in [7, 11) is 0. The van der Waals surface area contributed by atoms with Crippen molar-refractivity contribution in [1.29, 1.82) is 0 Å². The summed E-state index contributed by atoms with van der Waals surface area (Å²) in [5, 5.41) is 9.33. The van der Waals surface area contributed by atoms with E-state index in [9.17, 15) is 23.1 Å². The number of rotatable bonds is 3. The van der Waals surface area contributed by atoms with Crippen LogP contribution < -0.4 is 0 Å². The molecule has 1 fully saturated rings. The third kappa shape index (κ3) is 4.17. The van der Waals surface area contributed by atoms with E-state index in [-0.39, 0.29) is 11.5 Å². The first kappa shape index (κ1) is 16.7. The van der Waals surface area contributed by atoms with E-state index in [2.05, 4.69) is 4.98 Å². The molecular formula is C14H18F3N3O2. The number of carbonyl (C=O) groups excluding carboxylic acids is 1. The standard InChI is InChI=1S/C14H18F3N3O2/c1-10(21)9-19-4-6-20(7-5-19)13(22)11-2-3-12(18-8-11)14(15,16)17/h2-3,8,10,21H,4-7,9H2,1H3/t10-/m0/s1. The van der Waals surface area contributed by atoms with Crippen LogP contribution in [0.5, 0.6) is 0 Å². The molecule has 1 aliphatic rings. The molecule has 0 aromatic carbocycles. The largest absolute Gasteiger partial charge is 0.433 e. The van der Waals surface area contributed by atoms with E-state index in [1.807, 2.05) is 4.90 Å². The van der Waals surface area contributed by atoms with Crippen molar-refractivity contribution < 1.29 is 23.1 Å². The molecule has 8 heteroatoms. The number of piperazine rings is 1. The topological polar surface area (TPSA) is 56.7 Å². The van der Waals surface area contributed by atoms with Crippen LogP contribution in [-0.4, -0.2) is 64.6 Å². The third-order valence-corrected chi connectivity index (χ3v) is 3.48. The quantitative estimate of drug-likeness (QED) is 0.911. The van der Waals surface area contributed by atoms with Gasteiger partial charge in [0.1, 0.15) is 5.69 Å². The number of carbonyl (C=O) groups is 1. The fourth-order valence-electron chi connectivity index (χ4n) is 2.38. The molecule has 1 aromatic heterocycles. The Morgan fingerprint density at radius 1 is 1.32 bits per heavy atom. The van der Waals surface area contributed by atoms with Gasteiger partial charge in [0.15, 0.2) is 0 Å². The van der Waals surface area contributed by atoms with E-state index in [1.165, 1.54) is 0 Å². The number of aliphatic hydroxyl groups is 1. The van der Waals surface area contributed by atoms with Gasteiger partial charge in [-0.25, -0.2) is 0 Å². The van der Waals surface area contributed by atoms with Gasteiger partial charge in [-0.05, 0) is 19.1 Å².